The maximum Gasteiger partial charge on any atom is 0.342 e. The molecular formula is C26H28I2NO5+. The highest BCUT2D eigenvalue weighted by molar-refractivity contribution is 14.1. The molecule has 4 atom stereocenters. The monoisotopic (exact) mass is 688 g/mol. The zero-order valence-electron chi connectivity index (χ0n) is 18.7. The van der Waals surface area contributed by atoms with Crippen molar-refractivity contribution in [2.75, 3.05) is 13.1 Å². The molecule has 3 fully saturated rings. The smallest absolute Gasteiger partial charge is 0.342 e. The van der Waals surface area contributed by atoms with Gasteiger partial charge in [-0.25, -0.2) is 4.79 Å². The topological polar surface area (TPSA) is 89.4 Å². The zero-order chi connectivity index (χ0) is 23.9. The Morgan fingerprint density at radius 3 is 2.41 bits per heavy atom. The fourth-order valence-electron chi connectivity index (χ4n) is 5.98. The van der Waals surface area contributed by atoms with Crippen LogP contribution in [0.1, 0.15) is 48.0 Å². The number of aromatic hydroxyl groups is 1. The molecule has 1 saturated heterocycles. The lowest BCUT2D eigenvalue weighted by molar-refractivity contribution is -0.668. The quantitative estimate of drug-likeness (QED) is 0.367. The van der Waals surface area contributed by atoms with Crippen LogP contribution in [0.3, 0.4) is 0 Å². The first-order chi connectivity index (χ1) is 16.4. The highest BCUT2D eigenvalue weighted by atomic mass is 127. The molecule has 34 heavy (non-hydrogen) atoms. The summed E-state index contributed by atoms with van der Waals surface area (Å²) in [7, 11) is 0. The molecule has 4 unspecified atom stereocenters. The Labute approximate surface area is 226 Å². The summed E-state index contributed by atoms with van der Waals surface area (Å²) in [6, 6.07) is 13.6. The van der Waals surface area contributed by atoms with Gasteiger partial charge in [0.25, 0.3) is 0 Å². The fourth-order valence-corrected chi connectivity index (χ4v) is 7.82. The number of carbonyl (C=O) groups excluding carboxylic acids is 2. The van der Waals surface area contributed by atoms with Crippen molar-refractivity contribution >= 4 is 57.1 Å². The molecule has 3 N–H and O–H groups in total. The average molecular weight is 688 g/mol. The fraction of sp³-hybridized carbons (Fsp3) is 0.462. The molecule has 1 aliphatic heterocycles. The second-order valence-corrected chi connectivity index (χ2v) is 12.1. The van der Waals surface area contributed by atoms with E-state index in [-0.39, 0.29) is 41.1 Å². The molecule has 0 aromatic heterocycles. The van der Waals surface area contributed by atoms with Crippen LogP contribution >= 0.6 is 45.2 Å². The lowest BCUT2D eigenvalue weighted by Crippen LogP contribution is -2.87. The molecule has 0 radical (unpaired) electrons. The number of fused-ring (bicyclic) bond motifs is 2. The third kappa shape index (κ3) is 4.69. The molecular weight excluding hydrogens is 660 g/mol. The van der Waals surface area contributed by atoms with Gasteiger partial charge in [-0.3, -0.25) is 4.79 Å². The van der Waals surface area contributed by atoms with Gasteiger partial charge in [-0.15, -0.1) is 0 Å². The van der Waals surface area contributed by atoms with Crippen LogP contribution in [0.2, 0.25) is 0 Å². The number of phenolic OH excluding ortho intramolecular Hbond substituents is 1. The minimum Gasteiger partial charge on any atom is -0.506 e. The average Bonchev–Trinajstić information content (AvgIpc) is 3.43. The number of quaternary nitrogens is 1. The van der Waals surface area contributed by atoms with Gasteiger partial charge in [0.1, 0.15) is 23.0 Å². The molecule has 3 aliphatic rings. The number of esters is 2. The van der Waals surface area contributed by atoms with Gasteiger partial charge >= 0.3 is 11.9 Å². The van der Waals surface area contributed by atoms with Crippen molar-refractivity contribution in [2.45, 2.75) is 43.8 Å². The largest absolute Gasteiger partial charge is 0.506 e. The highest BCUT2D eigenvalue weighted by Crippen LogP contribution is 2.51. The Hall–Kier alpha value is -1.40. The van der Waals surface area contributed by atoms with Gasteiger partial charge in [0.2, 0.25) is 0 Å². The standard InChI is InChI=1S/C26H27I2NO5/c27-18-13-20(23(30)21(28)14-18)24(31)33-22-12-15-10-16(22)11-19(15)25(32)34-26(6-8-29-9-7-26)17-4-2-1-3-5-17/h1-5,13-16,19,22,29-30H,6-12H2/p+1. The molecule has 8 heteroatoms. The van der Waals surface area contributed by atoms with Gasteiger partial charge in [-0.2, -0.15) is 0 Å². The second kappa shape index (κ2) is 9.93. The minimum atomic E-state index is -0.542. The van der Waals surface area contributed by atoms with Crippen LogP contribution in [-0.2, 0) is 19.9 Å². The van der Waals surface area contributed by atoms with E-state index in [1.54, 1.807) is 6.07 Å². The first-order valence-electron chi connectivity index (χ1n) is 11.9. The molecule has 0 spiro atoms. The number of piperidine rings is 1. The van der Waals surface area contributed by atoms with Gasteiger partial charge < -0.3 is 19.9 Å². The maximum atomic E-state index is 13.4. The van der Waals surface area contributed by atoms with Crippen molar-refractivity contribution in [3.05, 3.63) is 60.7 Å². The van der Waals surface area contributed by atoms with Crippen molar-refractivity contribution in [1.82, 2.24) is 0 Å². The van der Waals surface area contributed by atoms with Gasteiger partial charge in [0.05, 0.1) is 22.6 Å². The van der Waals surface area contributed by atoms with E-state index in [1.165, 1.54) is 0 Å². The number of rotatable bonds is 5. The summed E-state index contributed by atoms with van der Waals surface area (Å²) in [6.45, 7) is 1.89. The lowest BCUT2D eigenvalue weighted by Gasteiger charge is -2.38. The predicted molar refractivity (Wildman–Crippen MR) is 142 cm³/mol. The predicted octanol–water partition coefficient (Wildman–Crippen LogP) is 3.97. The Kier molecular flexibility index (Phi) is 7.09. The maximum absolute atomic E-state index is 13.4. The van der Waals surface area contributed by atoms with Crippen LogP contribution in [0.5, 0.6) is 5.75 Å². The number of phenols is 1. The third-order valence-corrected chi connectivity index (χ3v) is 9.15. The highest BCUT2D eigenvalue weighted by Gasteiger charge is 2.52. The molecule has 5 rings (SSSR count). The molecule has 2 saturated carbocycles. The number of hydrogen-bond donors (Lipinski definition) is 2. The number of benzene rings is 2. The van der Waals surface area contributed by atoms with E-state index in [9.17, 15) is 14.7 Å². The van der Waals surface area contributed by atoms with Crippen molar-refractivity contribution in [2.24, 2.45) is 17.8 Å². The van der Waals surface area contributed by atoms with Crippen LogP contribution in [0.25, 0.3) is 0 Å². The molecule has 6 nitrogen and oxygen atoms in total. The summed E-state index contributed by atoms with van der Waals surface area (Å²) in [5, 5.41) is 12.6. The number of ether oxygens (including phenoxy) is 2. The van der Waals surface area contributed by atoms with Crippen molar-refractivity contribution in [3.8, 4) is 5.75 Å². The van der Waals surface area contributed by atoms with Crippen molar-refractivity contribution < 1.29 is 29.5 Å². The summed E-state index contributed by atoms with van der Waals surface area (Å²) in [4.78, 5) is 26.2. The van der Waals surface area contributed by atoms with Crippen LogP contribution in [0.15, 0.2) is 42.5 Å². The molecule has 2 aliphatic carbocycles. The number of halogens is 2. The second-order valence-electron chi connectivity index (χ2n) is 9.71. The van der Waals surface area contributed by atoms with E-state index < -0.39 is 11.6 Å². The van der Waals surface area contributed by atoms with E-state index in [2.05, 4.69) is 40.0 Å². The normalized spacial score (nSPS) is 27.4. The van der Waals surface area contributed by atoms with Crippen LogP contribution in [0, 0.1) is 24.9 Å². The summed E-state index contributed by atoms with van der Waals surface area (Å²) >= 11 is 4.14. The van der Waals surface area contributed by atoms with Crippen LogP contribution in [-0.4, -0.2) is 36.2 Å². The molecule has 2 bridgehead atoms. The van der Waals surface area contributed by atoms with Gasteiger partial charge in [-0.05, 0) is 94.0 Å². The first kappa shape index (κ1) is 24.3. The summed E-state index contributed by atoms with van der Waals surface area (Å²) in [5.74, 6) is -0.448. The first-order valence-corrected chi connectivity index (χ1v) is 14.0. The van der Waals surface area contributed by atoms with E-state index >= 15 is 0 Å². The Morgan fingerprint density at radius 1 is 1.00 bits per heavy atom. The number of hydrogen-bond acceptors (Lipinski definition) is 5. The van der Waals surface area contributed by atoms with Crippen LogP contribution in [0.4, 0.5) is 0 Å². The molecule has 1 heterocycles. The summed E-state index contributed by atoms with van der Waals surface area (Å²) < 4.78 is 13.7. The Morgan fingerprint density at radius 2 is 1.74 bits per heavy atom. The van der Waals surface area contributed by atoms with Gasteiger partial charge in [0, 0.05) is 16.4 Å². The lowest BCUT2D eigenvalue weighted by atomic mass is 9.83. The number of carbonyl (C=O) groups is 2. The van der Waals surface area contributed by atoms with Crippen molar-refractivity contribution in [1.29, 1.82) is 0 Å². The zero-order valence-corrected chi connectivity index (χ0v) is 23.0. The van der Waals surface area contributed by atoms with E-state index in [4.69, 9.17) is 9.47 Å². The SMILES string of the molecule is O=C(OC1CC2CC1CC2C(=O)OC1(c2ccccc2)CC[NH2+]CC1)c1cc(I)cc(I)c1O. The van der Waals surface area contributed by atoms with E-state index in [0.717, 1.165) is 41.5 Å². The Bertz CT molecular complexity index is 1090. The van der Waals surface area contributed by atoms with Crippen molar-refractivity contribution in [3.63, 3.8) is 0 Å². The number of nitrogens with two attached hydrogens (primary N) is 1. The van der Waals surface area contributed by atoms with E-state index in [1.807, 2.05) is 46.9 Å². The van der Waals surface area contributed by atoms with Gasteiger partial charge in [-0.1, -0.05) is 30.3 Å². The summed E-state index contributed by atoms with van der Waals surface area (Å²) in [6.07, 6.45) is 3.66. The molecule has 2 aromatic carbocycles. The van der Waals surface area contributed by atoms with E-state index in [0.29, 0.717) is 16.4 Å². The molecule has 180 valence electrons. The minimum absolute atomic E-state index is 0.0356. The molecule has 2 aromatic rings. The summed E-state index contributed by atoms with van der Waals surface area (Å²) in [5.41, 5.74) is 0.743. The molecule has 0 amide bonds. The third-order valence-electron chi connectivity index (χ3n) is 7.70. The Balaban J connectivity index is 1.24. The van der Waals surface area contributed by atoms with Gasteiger partial charge in [0.15, 0.2) is 0 Å². The van der Waals surface area contributed by atoms with Crippen LogP contribution < -0.4 is 5.32 Å².